The van der Waals surface area contributed by atoms with Crippen LogP contribution in [0.1, 0.15) is 0 Å². The molecule has 100 valence electrons. The molecule has 0 radical (unpaired) electrons. The molecule has 0 atom stereocenters. The maximum Gasteiger partial charge on any atom is 0.167 e. The zero-order valence-corrected chi connectivity index (χ0v) is 12.6. The summed E-state index contributed by atoms with van der Waals surface area (Å²) in [5.74, 6) is 0.691. The molecule has 0 aliphatic rings. The summed E-state index contributed by atoms with van der Waals surface area (Å²) in [6.07, 6.45) is 5.28. The van der Waals surface area contributed by atoms with Crippen molar-refractivity contribution in [2.45, 2.75) is 0 Å². The van der Waals surface area contributed by atoms with Crippen LogP contribution in [0.3, 0.4) is 0 Å². The summed E-state index contributed by atoms with van der Waals surface area (Å²) in [5, 5.41) is 4.90. The second-order valence-electron chi connectivity index (χ2n) is 4.25. The number of nitrogen functional groups attached to an aromatic ring is 1. The Labute approximate surface area is 129 Å². The lowest BCUT2D eigenvalue weighted by atomic mass is 10.1. The zero-order valence-electron chi connectivity index (χ0n) is 10.3. The van der Waals surface area contributed by atoms with Crippen molar-refractivity contribution < 1.29 is 0 Å². The van der Waals surface area contributed by atoms with Gasteiger partial charge in [0.05, 0.1) is 15.7 Å². The van der Waals surface area contributed by atoms with E-state index >= 15 is 0 Å². The molecule has 6 heteroatoms. The molecule has 0 bridgehead atoms. The molecule has 0 unspecified atom stereocenters. The number of nitrogens with two attached hydrogens (primary N) is 1. The van der Waals surface area contributed by atoms with Gasteiger partial charge in [-0.1, -0.05) is 23.7 Å². The van der Waals surface area contributed by atoms with Crippen molar-refractivity contribution in [3.63, 3.8) is 0 Å². The molecule has 0 aliphatic heterocycles. The highest BCUT2D eigenvalue weighted by Gasteiger charge is 2.08. The largest absolute Gasteiger partial charge is 0.399 e. The minimum absolute atomic E-state index is 0.575. The van der Waals surface area contributed by atoms with E-state index in [0.717, 1.165) is 21.3 Å². The van der Waals surface area contributed by atoms with Gasteiger partial charge in [0.25, 0.3) is 0 Å². The Morgan fingerprint density at radius 3 is 2.55 bits per heavy atom. The molecule has 4 nitrogen and oxygen atoms in total. The van der Waals surface area contributed by atoms with Crippen LogP contribution in [-0.2, 0) is 0 Å². The van der Waals surface area contributed by atoms with Gasteiger partial charge in [-0.15, -0.1) is 0 Å². The van der Waals surface area contributed by atoms with E-state index in [1.165, 1.54) is 0 Å². The topological polar surface area (TPSA) is 56.7 Å². The van der Waals surface area contributed by atoms with Crippen molar-refractivity contribution in [1.82, 2.24) is 14.8 Å². The first kappa shape index (κ1) is 13.1. The van der Waals surface area contributed by atoms with Gasteiger partial charge in [-0.2, -0.15) is 5.10 Å². The molecular formula is C14H10BrClN4. The fourth-order valence-electron chi connectivity index (χ4n) is 1.84. The molecular weight excluding hydrogens is 340 g/mol. The predicted octanol–water partition coefficient (Wildman–Crippen LogP) is 3.93. The second kappa shape index (κ2) is 5.26. The van der Waals surface area contributed by atoms with Crippen molar-refractivity contribution in [3.8, 4) is 16.9 Å². The SMILES string of the molecule is Nc1ccc(-c2cnn(-c3ncc(Cl)cc3Br)c2)cc1. The van der Waals surface area contributed by atoms with Gasteiger partial charge in [-0.3, -0.25) is 0 Å². The van der Waals surface area contributed by atoms with Gasteiger partial charge < -0.3 is 5.73 Å². The average Bonchev–Trinajstić information content (AvgIpc) is 2.89. The number of aromatic nitrogens is 3. The summed E-state index contributed by atoms with van der Waals surface area (Å²) in [5.41, 5.74) is 8.47. The smallest absolute Gasteiger partial charge is 0.167 e. The van der Waals surface area contributed by atoms with Crippen molar-refractivity contribution >= 4 is 33.2 Å². The third-order valence-corrected chi connectivity index (χ3v) is 3.62. The number of rotatable bonds is 2. The van der Waals surface area contributed by atoms with Crippen LogP contribution in [0.4, 0.5) is 5.69 Å². The summed E-state index contributed by atoms with van der Waals surface area (Å²) < 4.78 is 2.49. The zero-order chi connectivity index (χ0) is 14.1. The predicted molar refractivity (Wildman–Crippen MR) is 83.9 cm³/mol. The lowest BCUT2D eigenvalue weighted by Crippen LogP contribution is -1.98. The Morgan fingerprint density at radius 1 is 1.10 bits per heavy atom. The molecule has 20 heavy (non-hydrogen) atoms. The number of benzene rings is 1. The summed E-state index contributed by atoms with van der Waals surface area (Å²) in [4.78, 5) is 4.27. The van der Waals surface area contributed by atoms with E-state index in [4.69, 9.17) is 17.3 Å². The third kappa shape index (κ3) is 2.55. The van der Waals surface area contributed by atoms with Crippen molar-refractivity contribution in [3.05, 3.63) is 58.4 Å². The van der Waals surface area contributed by atoms with E-state index in [2.05, 4.69) is 26.0 Å². The van der Waals surface area contributed by atoms with Crippen LogP contribution in [0.5, 0.6) is 0 Å². The van der Waals surface area contributed by atoms with Crippen LogP contribution in [0.2, 0.25) is 5.02 Å². The Hall–Kier alpha value is -1.85. The third-order valence-electron chi connectivity index (χ3n) is 2.83. The molecule has 0 spiro atoms. The molecule has 3 aromatic rings. The average molecular weight is 350 g/mol. The monoisotopic (exact) mass is 348 g/mol. The molecule has 0 saturated heterocycles. The standard InChI is InChI=1S/C14H10BrClN4/c15-13-5-11(16)7-18-14(13)20-8-10(6-19-20)9-1-3-12(17)4-2-9/h1-8H,17H2. The van der Waals surface area contributed by atoms with E-state index in [0.29, 0.717) is 10.8 Å². The fourth-order valence-corrected chi connectivity index (χ4v) is 2.66. The normalized spacial score (nSPS) is 10.7. The Kier molecular flexibility index (Phi) is 3.46. The quantitative estimate of drug-likeness (QED) is 0.713. The fraction of sp³-hybridized carbons (Fsp3) is 0. The van der Waals surface area contributed by atoms with Gasteiger partial charge in [-0.05, 0) is 39.7 Å². The highest BCUT2D eigenvalue weighted by molar-refractivity contribution is 9.10. The maximum atomic E-state index is 5.89. The lowest BCUT2D eigenvalue weighted by molar-refractivity contribution is 0.842. The van der Waals surface area contributed by atoms with Gasteiger partial charge in [0, 0.05) is 23.6 Å². The van der Waals surface area contributed by atoms with Crippen LogP contribution in [-0.4, -0.2) is 14.8 Å². The minimum atomic E-state index is 0.575. The number of nitrogens with zero attached hydrogens (tertiary/aromatic N) is 3. The molecule has 1 aromatic carbocycles. The Morgan fingerprint density at radius 2 is 1.85 bits per heavy atom. The molecule has 3 rings (SSSR count). The summed E-state index contributed by atoms with van der Waals surface area (Å²) in [6.45, 7) is 0. The van der Waals surface area contributed by atoms with Crippen molar-refractivity contribution in [2.75, 3.05) is 5.73 Å². The van der Waals surface area contributed by atoms with Gasteiger partial charge in [0.1, 0.15) is 0 Å². The van der Waals surface area contributed by atoms with Crippen molar-refractivity contribution in [2.24, 2.45) is 0 Å². The van der Waals surface area contributed by atoms with E-state index in [1.807, 2.05) is 30.5 Å². The van der Waals surface area contributed by atoms with Crippen LogP contribution >= 0.6 is 27.5 Å². The number of hydrogen-bond donors (Lipinski definition) is 1. The Balaban J connectivity index is 1.99. The molecule has 0 saturated carbocycles. The van der Waals surface area contributed by atoms with Crippen LogP contribution < -0.4 is 5.73 Å². The van der Waals surface area contributed by atoms with Gasteiger partial charge >= 0.3 is 0 Å². The van der Waals surface area contributed by atoms with Crippen molar-refractivity contribution in [1.29, 1.82) is 0 Å². The number of halogens is 2. The molecule has 0 amide bonds. The lowest BCUT2D eigenvalue weighted by Gasteiger charge is -2.03. The number of hydrogen-bond acceptors (Lipinski definition) is 3. The van der Waals surface area contributed by atoms with E-state index < -0.39 is 0 Å². The molecule has 2 N–H and O–H groups in total. The van der Waals surface area contributed by atoms with Crippen LogP contribution in [0.25, 0.3) is 16.9 Å². The molecule has 0 aliphatic carbocycles. The maximum absolute atomic E-state index is 5.89. The highest BCUT2D eigenvalue weighted by atomic mass is 79.9. The van der Waals surface area contributed by atoms with Gasteiger partial charge in [0.15, 0.2) is 5.82 Å². The molecule has 0 fully saturated rings. The number of pyridine rings is 1. The Bertz CT molecular complexity index is 752. The summed E-state index contributed by atoms with van der Waals surface area (Å²) >= 11 is 9.32. The van der Waals surface area contributed by atoms with Crippen LogP contribution in [0.15, 0.2) is 53.4 Å². The van der Waals surface area contributed by atoms with E-state index in [-0.39, 0.29) is 0 Å². The summed E-state index contributed by atoms with van der Waals surface area (Å²) in [7, 11) is 0. The van der Waals surface area contributed by atoms with E-state index in [1.54, 1.807) is 23.1 Å². The molecule has 2 aromatic heterocycles. The first-order chi connectivity index (χ1) is 9.63. The first-order valence-corrected chi connectivity index (χ1v) is 7.02. The number of anilines is 1. The minimum Gasteiger partial charge on any atom is -0.399 e. The summed E-state index contributed by atoms with van der Waals surface area (Å²) in [6, 6.07) is 9.43. The molecule has 2 heterocycles. The first-order valence-electron chi connectivity index (χ1n) is 5.85. The highest BCUT2D eigenvalue weighted by Crippen LogP contribution is 2.25. The second-order valence-corrected chi connectivity index (χ2v) is 5.55. The van der Waals surface area contributed by atoms with E-state index in [9.17, 15) is 0 Å². The van der Waals surface area contributed by atoms with Gasteiger partial charge in [0.2, 0.25) is 0 Å². The van der Waals surface area contributed by atoms with Gasteiger partial charge in [-0.25, -0.2) is 9.67 Å². The van der Waals surface area contributed by atoms with Crippen LogP contribution in [0, 0.1) is 0 Å².